The molecule has 1 atom stereocenters. The van der Waals surface area contributed by atoms with Gasteiger partial charge in [-0.15, -0.1) is 0 Å². The molecule has 0 radical (unpaired) electrons. The van der Waals surface area contributed by atoms with Gasteiger partial charge in [-0.05, 0) is 89.5 Å². The summed E-state index contributed by atoms with van der Waals surface area (Å²) in [6.07, 6.45) is 2.23. The quantitative estimate of drug-likeness (QED) is 0.376. The number of likely N-dealkylation sites (N-methyl/N-ethyl adjacent to an activating group) is 1. The zero-order valence-corrected chi connectivity index (χ0v) is 22.3. The van der Waals surface area contributed by atoms with E-state index in [-0.39, 0.29) is 11.9 Å². The number of thioether (sulfide) groups is 1. The molecule has 38 heavy (non-hydrogen) atoms. The third-order valence-corrected chi connectivity index (χ3v) is 7.89. The molecule has 3 aromatic carbocycles. The molecule has 0 saturated heterocycles. The minimum atomic E-state index is -0.244. The van der Waals surface area contributed by atoms with Crippen molar-refractivity contribution >= 4 is 28.7 Å². The van der Waals surface area contributed by atoms with Crippen molar-refractivity contribution in [1.82, 2.24) is 9.80 Å². The largest absolute Gasteiger partial charge is 0.497 e. The maximum Gasteiger partial charge on any atom is 0.174 e. The van der Waals surface area contributed by atoms with Gasteiger partial charge in [-0.3, -0.25) is 4.90 Å². The molecule has 3 aliphatic heterocycles. The highest BCUT2D eigenvalue weighted by atomic mass is 32.2. The van der Waals surface area contributed by atoms with Gasteiger partial charge in [0.2, 0.25) is 0 Å². The van der Waals surface area contributed by atoms with Crippen molar-refractivity contribution in [3.05, 3.63) is 118 Å². The molecule has 7 heteroatoms. The second-order valence-corrected chi connectivity index (χ2v) is 10.4. The number of hydrogen-bond acceptors (Lipinski definition) is 6. The fraction of sp³-hybridized carbons (Fsp3) is 0.194. The summed E-state index contributed by atoms with van der Waals surface area (Å²) in [6.45, 7) is 1.60. The summed E-state index contributed by atoms with van der Waals surface area (Å²) >= 11 is 1.61. The van der Waals surface area contributed by atoms with Gasteiger partial charge in [-0.1, -0.05) is 36.0 Å². The first-order valence-electron chi connectivity index (χ1n) is 12.5. The molecule has 3 aromatic rings. The van der Waals surface area contributed by atoms with Crippen LogP contribution in [0.25, 0.3) is 11.8 Å². The zero-order valence-electron chi connectivity index (χ0n) is 21.5. The van der Waals surface area contributed by atoms with Gasteiger partial charge in [-0.2, -0.15) is 0 Å². The molecule has 0 saturated carbocycles. The van der Waals surface area contributed by atoms with E-state index in [9.17, 15) is 4.39 Å². The molecule has 0 amide bonds. The van der Waals surface area contributed by atoms with Gasteiger partial charge in [0, 0.05) is 18.5 Å². The molecule has 3 heterocycles. The minimum absolute atomic E-state index is 0.0586. The number of amidine groups is 1. The van der Waals surface area contributed by atoms with Crippen molar-refractivity contribution in [2.24, 2.45) is 4.99 Å². The van der Waals surface area contributed by atoms with Gasteiger partial charge in [-0.25, -0.2) is 9.38 Å². The number of halogens is 1. The van der Waals surface area contributed by atoms with Crippen LogP contribution < -0.4 is 9.47 Å². The van der Waals surface area contributed by atoms with Gasteiger partial charge < -0.3 is 14.4 Å². The molecule has 1 unspecified atom stereocenters. The monoisotopic (exact) mass is 525 g/mol. The molecule has 6 rings (SSSR count). The van der Waals surface area contributed by atoms with Crippen molar-refractivity contribution in [2.75, 3.05) is 34.4 Å². The molecule has 5 nitrogen and oxygen atoms in total. The van der Waals surface area contributed by atoms with Crippen LogP contribution in [0, 0.1) is 5.82 Å². The number of nitrogens with zero attached hydrogens (tertiary/aromatic N) is 3. The van der Waals surface area contributed by atoms with Crippen LogP contribution in [-0.4, -0.2) is 49.3 Å². The lowest BCUT2D eigenvalue weighted by Gasteiger charge is -2.42. The van der Waals surface area contributed by atoms with E-state index in [1.807, 2.05) is 36.4 Å². The molecule has 0 bridgehead atoms. The Hall–Kier alpha value is -3.81. The summed E-state index contributed by atoms with van der Waals surface area (Å²) in [7, 11) is 5.50. The Kier molecular flexibility index (Phi) is 6.55. The molecular weight excluding hydrogens is 497 g/mol. The van der Waals surface area contributed by atoms with Crippen molar-refractivity contribution in [3.8, 4) is 11.5 Å². The van der Waals surface area contributed by atoms with E-state index >= 15 is 0 Å². The van der Waals surface area contributed by atoms with E-state index in [1.165, 1.54) is 23.3 Å². The van der Waals surface area contributed by atoms with Crippen LogP contribution >= 0.6 is 11.8 Å². The third-order valence-electron chi connectivity index (χ3n) is 7.05. The van der Waals surface area contributed by atoms with Crippen LogP contribution in [0.1, 0.15) is 22.7 Å². The predicted molar refractivity (Wildman–Crippen MR) is 152 cm³/mol. The lowest BCUT2D eigenvalue weighted by Crippen LogP contribution is -2.40. The van der Waals surface area contributed by atoms with E-state index < -0.39 is 0 Å². The van der Waals surface area contributed by atoms with Crippen molar-refractivity contribution in [1.29, 1.82) is 0 Å². The van der Waals surface area contributed by atoms with E-state index in [1.54, 1.807) is 26.0 Å². The molecule has 0 aliphatic carbocycles. The lowest BCUT2D eigenvalue weighted by atomic mass is 9.88. The summed E-state index contributed by atoms with van der Waals surface area (Å²) in [6, 6.07) is 23.0. The highest BCUT2D eigenvalue weighted by molar-refractivity contribution is 8.16. The Morgan fingerprint density at radius 1 is 0.895 bits per heavy atom. The molecule has 192 valence electrons. The summed E-state index contributed by atoms with van der Waals surface area (Å²) in [5.41, 5.74) is 7.71. The van der Waals surface area contributed by atoms with Crippen molar-refractivity contribution in [2.45, 2.75) is 6.04 Å². The number of fused-ring (bicyclic) bond motifs is 1. The van der Waals surface area contributed by atoms with Crippen molar-refractivity contribution < 1.29 is 13.9 Å². The van der Waals surface area contributed by atoms with Gasteiger partial charge in [0.25, 0.3) is 0 Å². The van der Waals surface area contributed by atoms with Crippen LogP contribution in [-0.2, 0) is 0 Å². The summed E-state index contributed by atoms with van der Waals surface area (Å²) in [5.74, 6) is 1.41. The Labute approximate surface area is 226 Å². The summed E-state index contributed by atoms with van der Waals surface area (Å²) in [4.78, 5) is 9.85. The van der Waals surface area contributed by atoms with Gasteiger partial charge in [0.05, 0.1) is 31.7 Å². The Morgan fingerprint density at radius 3 is 2.21 bits per heavy atom. The maximum absolute atomic E-state index is 13.7. The normalized spacial score (nSPS) is 20.2. The fourth-order valence-corrected chi connectivity index (χ4v) is 6.17. The molecule has 3 aliphatic rings. The SMILES string of the molecule is COc1ccc(C=C2CN(C)CC3=C2N=C2SC=C(c4ccc(F)cc4)N2C3c2ccc(OC)cc2)cc1. The second-order valence-electron chi connectivity index (χ2n) is 9.56. The van der Waals surface area contributed by atoms with Crippen LogP contribution in [0.4, 0.5) is 4.39 Å². The summed E-state index contributed by atoms with van der Waals surface area (Å²) < 4.78 is 24.5. The van der Waals surface area contributed by atoms with E-state index in [0.29, 0.717) is 0 Å². The topological polar surface area (TPSA) is 37.3 Å². The Balaban J connectivity index is 1.48. The number of methoxy groups -OCH3 is 2. The lowest BCUT2D eigenvalue weighted by molar-refractivity contribution is 0.344. The number of aliphatic imine (C=N–C) groups is 1. The molecular formula is C31H28FN3O2S. The predicted octanol–water partition coefficient (Wildman–Crippen LogP) is 6.58. The second kappa shape index (κ2) is 10.2. The standard InChI is InChI=1S/C31H28FN3O2S/c1-34-17-23(16-20-4-12-25(36-2)13-5-20)29-27(18-34)30(22-8-14-26(37-3)15-9-22)35-28(19-38-31(35)33-29)21-6-10-24(32)11-7-21/h4-16,19,30H,17-18H2,1-3H3. The highest BCUT2D eigenvalue weighted by Crippen LogP contribution is 2.49. The average molecular weight is 526 g/mol. The maximum atomic E-state index is 13.7. The molecule has 0 aromatic heterocycles. The first-order chi connectivity index (χ1) is 18.5. The molecule has 0 fully saturated rings. The van der Waals surface area contributed by atoms with E-state index in [2.05, 4.69) is 52.6 Å². The number of rotatable bonds is 5. The van der Waals surface area contributed by atoms with Gasteiger partial charge in [0.1, 0.15) is 17.3 Å². The number of benzene rings is 3. The highest BCUT2D eigenvalue weighted by Gasteiger charge is 2.41. The third kappa shape index (κ3) is 4.52. The van der Waals surface area contributed by atoms with Gasteiger partial charge >= 0.3 is 0 Å². The van der Waals surface area contributed by atoms with Crippen LogP contribution in [0.5, 0.6) is 11.5 Å². The van der Waals surface area contributed by atoms with Crippen LogP contribution in [0.15, 0.2) is 100 Å². The van der Waals surface area contributed by atoms with Gasteiger partial charge in [0.15, 0.2) is 5.17 Å². The average Bonchev–Trinajstić information content (AvgIpc) is 3.36. The number of hydrogen-bond donors (Lipinski definition) is 0. The molecule has 0 spiro atoms. The van der Waals surface area contributed by atoms with Crippen LogP contribution in [0.2, 0.25) is 0 Å². The van der Waals surface area contributed by atoms with Crippen molar-refractivity contribution in [3.63, 3.8) is 0 Å². The van der Waals surface area contributed by atoms with E-state index in [4.69, 9.17) is 14.5 Å². The molecule has 0 N–H and O–H groups in total. The zero-order chi connectivity index (χ0) is 26.2. The fourth-order valence-electron chi connectivity index (χ4n) is 5.24. The first kappa shape index (κ1) is 24.5. The summed E-state index contributed by atoms with van der Waals surface area (Å²) in [5, 5.41) is 3.05. The first-order valence-corrected chi connectivity index (χ1v) is 13.3. The number of ether oxygens (including phenoxy) is 2. The van der Waals surface area contributed by atoms with Crippen LogP contribution in [0.3, 0.4) is 0 Å². The van der Waals surface area contributed by atoms with E-state index in [0.717, 1.165) is 57.8 Å². The minimum Gasteiger partial charge on any atom is -0.497 e. The Morgan fingerprint density at radius 2 is 1.55 bits per heavy atom. The smallest absolute Gasteiger partial charge is 0.174 e. The Bertz CT molecular complexity index is 1480.